The van der Waals surface area contributed by atoms with Gasteiger partial charge in [-0.1, -0.05) is 6.92 Å². The van der Waals surface area contributed by atoms with E-state index in [1.165, 1.54) is 0 Å². The second kappa shape index (κ2) is 7.04. The SMILES string of the molecule is CCCNC1COCC1C(=O)N1CCCC(C(=O)O)C1. The van der Waals surface area contributed by atoms with E-state index in [2.05, 4.69) is 12.2 Å². The Balaban J connectivity index is 1.93. The summed E-state index contributed by atoms with van der Waals surface area (Å²) in [5.41, 5.74) is 0. The lowest BCUT2D eigenvalue weighted by atomic mass is 9.95. The van der Waals surface area contributed by atoms with Gasteiger partial charge >= 0.3 is 5.97 Å². The summed E-state index contributed by atoms with van der Waals surface area (Å²) < 4.78 is 5.43. The number of likely N-dealkylation sites (tertiary alicyclic amines) is 1. The van der Waals surface area contributed by atoms with Crippen molar-refractivity contribution >= 4 is 11.9 Å². The fourth-order valence-electron chi connectivity index (χ4n) is 2.94. The second-order valence-corrected chi connectivity index (χ2v) is 5.67. The molecule has 6 nitrogen and oxygen atoms in total. The van der Waals surface area contributed by atoms with E-state index >= 15 is 0 Å². The summed E-state index contributed by atoms with van der Waals surface area (Å²) >= 11 is 0. The molecule has 2 saturated heterocycles. The molecule has 0 radical (unpaired) electrons. The largest absolute Gasteiger partial charge is 0.481 e. The first-order chi connectivity index (χ1) is 9.63. The first kappa shape index (κ1) is 15.3. The molecule has 2 fully saturated rings. The smallest absolute Gasteiger partial charge is 0.308 e. The molecule has 0 saturated carbocycles. The molecule has 1 amide bonds. The highest BCUT2D eigenvalue weighted by atomic mass is 16.5. The molecule has 0 spiro atoms. The van der Waals surface area contributed by atoms with Gasteiger partial charge in [-0.05, 0) is 25.8 Å². The quantitative estimate of drug-likeness (QED) is 0.760. The van der Waals surface area contributed by atoms with Crippen LogP contribution in [0.15, 0.2) is 0 Å². The van der Waals surface area contributed by atoms with Gasteiger partial charge in [0.2, 0.25) is 5.91 Å². The van der Waals surface area contributed by atoms with Crippen molar-refractivity contribution in [2.75, 3.05) is 32.8 Å². The molecule has 0 bridgehead atoms. The van der Waals surface area contributed by atoms with Gasteiger partial charge in [-0.25, -0.2) is 0 Å². The van der Waals surface area contributed by atoms with Crippen molar-refractivity contribution in [1.29, 1.82) is 0 Å². The number of carboxylic acids is 1. The molecule has 0 aliphatic carbocycles. The predicted octanol–water partition coefficient (Wildman–Crippen LogP) is 0.324. The molecule has 2 N–H and O–H groups in total. The maximum absolute atomic E-state index is 12.6. The summed E-state index contributed by atoms with van der Waals surface area (Å²) in [4.78, 5) is 25.3. The van der Waals surface area contributed by atoms with E-state index in [0.717, 1.165) is 19.4 Å². The Bertz CT molecular complexity index is 361. The Kier molecular flexibility index (Phi) is 5.37. The second-order valence-electron chi connectivity index (χ2n) is 5.67. The first-order valence-corrected chi connectivity index (χ1v) is 7.46. The van der Waals surface area contributed by atoms with Crippen molar-refractivity contribution in [3.8, 4) is 0 Å². The number of nitrogens with zero attached hydrogens (tertiary/aromatic N) is 1. The van der Waals surface area contributed by atoms with Gasteiger partial charge in [-0.3, -0.25) is 9.59 Å². The highest BCUT2D eigenvalue weighted by Gasteiger charge is 2.38. The molecule has 20 heavy (non-hydrogen) atoms. The number of aliphatic carboxylic acids is 1. The number of amides is 1. The highest BCUT2D eigenvalue weighted by molar-refractivity contribution is 5.81. The summed E-state index contributed by atoms with van der Waals surface area (Å²) in [5, 5.41) is 12.4. The van der Waals surface area contributed by atoms with Crippen LogP contribution in [0.4, 0.5) is 0 Å². The fourth-order valence-corrected chi connectivity index (χ4v) is 2.94. The van der Waals surface area contributed by atoms with Gasteiger partial charge in [0.15, 0.2) is 0 Å². The minimum atomic E-state index is -0.800. The summed E-state index contributed by atoms with van der Waals surface area (Å²) in [5.74, 6) is -1.35. The first-order valence-electron chi connectivity index (χ1n) is 7.46. The van der Waals surface area contributed by atoms with Crippen molar-refractivity contribution in [1.82, 2.24) is 10.2 Å². The van der Waals surface area contributed by atoms with Crippen LogP contribution < -0.4 is 5.32 Å². The van der Waals surface area contributed by atoms with E-state index in [9.17, 15) is 9.59 Å². The molecule has 2 aliphatic heterocycles. The fraction of sp³-hybridized carbons (Fsp3) is 0.857. The lowest BCUT2D eigenvalue weighted by Crippen LogP contribution is -2.49. The predicted molar refractivity (Wildman–Crippen MR) is 73.3 cm³/mol. The zero-order valence-corrected chi connectivity index (χ0v) is 12.0. The number of carboxylic acid groups (broad SMARTS) is 1. The maximum atomic E-state index is 12.6. The third kappa shape index (κ3) is 3.49. The molecular formula is C14H24N2O4. The van der Waals surface area contributed by atoms with Crippen molar-refractivity contribution in [3.05, 3.63) is 0 Å². The minimum Gasteiger partial charge on any atom is -0.481 e. The molecule has 0 aromatic heterocycles. The van der Waals surface area contributed by atoms with E-state index in [4.69, 9.17) is 9.84 Å². The van der Waals surface area contributed by atoms with Crippen molar-refractivity contribution in [3.63, 3.8) is 0 Å². The molecule has 2 aliphatic rings. The number of hydrogen-bond acceptors (Lipinski definition) is 4. The summed E-state index contributed by atoms with van der Waals surface area (Å²) in [7, 11) is 0. The van der Waals surface area contributed by atoms with Crippen LogP contribution in [0.3, 0.4) is 0 Å². The number of nitrogens with one attached hydrogen (secondary N) is 1. The highest BCUT2D eigenvalue weighted by Crippen LogP contribution is 2.22. The Labute approximate surface area is 119 Å². The molecule has 2 rings (SSSR count). The Morgan fingerprint density at radius 1 is 1.40 bits per heavy atom. The van der Waals surface area contributed by atoms with Crippen molar-refractivity contribution < 1.29 is 19.4 Å². The van der Waals surface area contributed by atoms with Crippen LogP contribution in [0.5, 0.6) is 0 Å². The van der Waals surface area contributed by atoms with Gasteiger partial charge < -0.3 is 20.1 Å². The molecule has 114 valence electrons. The maximum Gasteiger partial charge on any atom is 0.308 e. The van der Waals surface area contributed by atoms with E-state index in [1.807, 2.05) is 0 Å². The van der Waals surface area contributed by atoms with E-state index in [-0.39, 0.29) is 17.9 Å². The number of rotatable bonds is 5. The average Bonchev–Trinajstić information content (AvgIpc) is 2.92. The van der Waals surface area contributed by atoms with E-state index < -0.39 is 11.9 Å². The lowest BCUT2D eigenvalue weighted by molar-refractivity contribution is -0.146. The minimum absolute atomic E-state index is 0.0436. The summed E-state index contributed by atoms with van der Waals surface area (Å²) in [6, 6.07) is 0.0626. The number of ether oxygens (including phenoxy) is 1. The number of piperidine rings is 1. The molecule has 2 heterocycles. The molecule has 3 atom stereocenters. The Morgan fingerprint density at radius 2 is 2.20 bits per heavy atom. The van der Waals surface area contributed by atoms with Crippen LogP contribution in [0.25, 0.3) is 0 Å². The zero-order valence-electron chi connectivity index (χ0n) is 12.0. The normalized spacial score (nSPS) is 30.4. The Hall–Kier alpha value is -1.14. The molecule has 0 aromatic rings. The van der Waals surface area contributed by atoms with Gasteiger partial charge in [0.25, 0.3) is 0 Å². The molecule has 6 heteroatoms. The number of carbonyl (C=O) groups excluding carboxylic acids is 1. The van der Waals surface area contributed by atoms with Crippen LogP contribution in [-0.2, 0) is 14.3 Å². The third-order valence-corrected chi connectivity index (χ3v) is 4.14. The summed E-state index contributed by atoms with van der Waals surface area (Å²) in [6.45, 7) is 4.96. The van der Waals surface area contributed by atoms with Gasteiger partial charge in [-0.2, -0.15) is 0 Å². The van der Waals surface area contributed by atoms with Gasteiger partial charge in [-0.15, -0.1) is 0 Å². The molecular weight excluding hydrogens is 260 g/mol. The third-order valence-electron chi connectivity index (χ3n) is 4.14. The van der Waals surface area contributed by atoms with Crippen LogP contribution in [0.2, 0.25) is 0 Å². The lowest BCUT2D eigenvalue weighted by Gasteiger charge is -2.33. The van der Waals surface area contributed by atoms with Gasteiger partial charge in [0.1, 0.15) is 0 Å². The molecule has 0 aromatic carbocycles. The van der Waals surface area contributed by atoms with Crippen LogP contribution in [0, 0.1) is 11.8 Å². The Morgan fingerprint density at radius 3 is 2.90 bits per heavy atom. The van der Waals surface area contributed by atoms with Crippen molar-refractivity contribution in [2.24, 2.45) is 11.8 Å². The standard InChI is InChI=1S/C14H24N2O4/c1-2-5-15-12-9-20-8-11(12)13(17)16-6-3-4-10(7-16)14(18)19/h10-12,15H,2-9H2,1H3,(H,18,19). The monoisotopic (exact) mass is 284 g/mol. The van der Waals surface area contributed by atoms with E-state index in [0.29, 0.717) is 32.7 Å². The molecule has 3 unspecified atom stereocenters. The number of hydrogen-bond donors (Lipinski definition) is 2. The zero-order chi connectivity index (χ0) is 14.5. The van der Waals surface area contributed by atoms with Crippen LogP contribution in [0.1, 0.15) is 26.2 Å². The van der Waals surface area contributed by atoms with Crippen LogP contribution in [-0.4, -0.2) is 60.8 Å². The van der Waals surface area contributed by atoms with Gasteiger partial charge in [0.05, 0.1) is 25.0 Å². The average molecular weight is 284 g/mol. The summed E-state index contributed by atoms with van der Waals surface area (Å²) in [6.07, 6.45) is 2.45. The van der Waals surface area contributed by atoms with E-state index in [1.54, 1.807) is 4.90 Å². The topological polar surface area (TPSA) is 78.9 Å². The van der Waals surface area contributed by atoms with Crippen LogP contribution >= 0.6 is 0 Å². The van der Waals surface area contributed by atoms with Crippen molar-refractivity contribution in [2.45, 2.75) is 32.2 Å². The van der Waals surface area contributed by atoms with Gasteiger partial charge in [0, 0.05) is 19.1 Å². The number of carbonyl (C=O) groups is 2.